The Bertz CT molecular complexity index is 435. The molecule has 0 atom stereocenters. The second kappa shape index (κ2) is 8.46. The first kappa shape index (κ1) is 17.2. The van der Waals surface area contributed by atoms with Gasteiger partial charge in [0.05, 0.1) is 5.56 Å². The zero-order chi connectivity index (χ0) is 15.7. The maximum absolute atomic E-state index is 12.0. The van der Waals surface area contributed by atoms with Crippen molar-refractivity contribution in [1.82, 2.24) is 15.6 Å². The Morgan fingerprint density at radius 3 is 2.62 bits per heavy atom. The molecule has 0 fully saturated rings. The van der Waals surface area contributed by atoms with Gasteiger partial charge in [0.1, 0.15) is 0 Å². The second-order valence-corrected chi connectivity index (χ2v) is 4.29. The van der Waals surface area contributed by atoms with Crippen LogP contribution in [0.1, 0.15) is 23.7 Å². The average Bonchev–Trinajstić information content (AvgIpc) is 2.44. The van der Waals surface area contributed by atoms with Gasteiger partial charge in [0.2, 0.25) is 5.88 Å². The molecule has 0 radical (unpaired) electrons. The first-order valence-corrected chi connectivity index (χ1v) is 6.57. The van der Waals surface area contributed by atoms with Crippen molar-refractivity contribution in [3.63, 3.8) is 0 Å². The van der Waals surface area contributed by atoms with Gasteiger partial charge in [0.15, 0.2) is 6.61 Å². The fourth-order valence-electron chi connectivity index (χ4n) is 1.42. The van der Waals surface area contributed by atoms with E-state index in [-0.39, 0.29) is 17.4 Å². The van der Waals surface area contributed by atoms with Gasteiger partial charge in [-0.3, -0.25) is 4.79 Å². The number of rotatable bonds is 8. The highest BCUT2D eigenvalue weighted by molar-refractivity contribution is 5.93. The minimum absolute atomic E-state index is 0.173. The maximum atomic E-state index is 12.0. The molecule has 0 saturated carbocycles. The van der Waals surface area contributed by atoms with Crippen LogP contribution in [-0.2, 0) is 0 Å². The molecule has 0 spiro atoms. The van der Waals surface area contributed by atoms with E-state index in [1.165, 1.54) is 18.3 Å². The zero-order valence-corrected chi connectivity index (χ0v) is 11.7. The normalized spacial score (nSPS) is 11.2. The highest BCUT2D eigenvalue weighted by atomic mass is 19.4. The first-order chi connectivity index (χ1) is 9.92. The van der Waals surface area contributed by atoms with Crippen LogP contribution < -0.4 is 15.4 Å². The second-order valence-electron chi connectivity index (χ2n) is 4.29. The van der Waals surface area contributed by atoms with Crippen LogP contribution in [-0.4, -0.2) is 43.3 Å². The summed E-state index contributed by atoms with van der Waals surface area (Å²) in [4.78, 5) is 15.4. The Morgan fingerprint density at radius 1 is 1.29 bits per heavy atom. The lowest BCUT2D eigenvalue weighted by molar-refractivity contribution is -0.154. The molecule has 1 aromatic heterocycles. The molecular formula is C13H18F3N3O2. The molecule has 1 aromatic rings. The van der Waals surface area contributed by atoms with Crippen molar-refractivity contribution < 1.29 is 22.7 Å². The number of aromatic nitrogens is 1. The predicted molar refractivity (Wildman–Crippen MR) is 71.3 cm³/mol. The van der Waals surface area contributed by atoms with Gasteiger partial charge in [-0.2, -0.15) is 13.2 Å². The van der Waals surface area contributed by atoms with E-state index in [0.717, 1.165) is 13.0 Å². The summed E-state index contributed by atoms with van der Waals surface area (Å²) < 4.78 is 40.3. The Morgan fingerprint density at radius 2 is 2.05 bits per heavy atom. The summed E-state index contributed by atoms with van der Waals surface area (Å²) in [5.74, 6) is -0.503. The summed E-state index contributed by atoms with van der Waals surface area (Å²) in [6.07, 6.45) is -2.22. The van der Waals surface area contributed by atoms with Crippen molar-refractivity contribution in [2.24, 2.45) is 0 Å². The van der Waals surface area contributed by atoms with Crippen LogP contribution in [0.4, 0.5) is 13.2 Å². The lowest BCUT2D eigenvalue weighted by Crippen LogP contribution is -2.32. The molecule has 21 heavy (non-hydrogen) atoms. The summed E-state index contributed by atoms with van der Waals surface area (Å²) in [5.41, 5.74) is 0.268. The number of carbonyl (C=O) groups excluding carboxylic acids is 1. The predicted octanol–water partition coefficient (Wildman–Crippen LogP) is 1.75. The number of ether oxygens (including phenoxy) is 1. The lowest BCUT2D eigenvalue weighted by atomic mass is 10.2. The molecule has 2 N–H and O–H groups in total. The van der Waals surface area contributed by atoms with Gasteiger partial charge in [-0.25, -0.2) is 4.98 Å². The third-order valence-corrected chi connectivity index (χ3v) is 2.40. The van der Waals surface area contributed by atoms with Crippen molar-refractivity contribution in [2.45, 2.75) is 19.5 Å². The standard InChI is InChI=1S/C13H18F3N3O2/c1-2-5-17-6-7-18-12(20)10-3-4-11(19-8-10)21-9-13(14,15)16/h3-4,8,17H,2,5-7,9H2,1H3,(H,18,20). The van der Waals surface area contributed by atoms with Gasteiger partial charge >= 0.3 is 6.18 Å². The Balaban J connectivity index is 2.37. The van der Waals surface area contributed by atoms with Crippen LogP contribution in [0.3, 0.4) is 0 Å². The van der Waals surface area contributed by atoms with E-state index >= 15 is 0 Å². The zero-order valence-electron chi connectivity index (χ0n) is 11.7. The van der Waals surface area contributed by atoms with E-state index in [0.29, 0.717) is 13.1 Å². The largest absolute Gasteiger partial charge is 0.468 e. The maximum Gasteiger partial charge on any atom is 0.422 e. The summed E-state index contributed by atoms with van der Waals surface area (Å²) in [6.45, 7) is 2.63. The number of hydrogen-bond donors (Lipinski definition) is 2. The number of hydrogen-bond acceptors (Lipinski definition) is 4. The van der Waals surface area contributed by atoms with Crippen LogP contribution in [0.5, 0.6) is 5.88 Å². The van der Waals surface area contributed by atoms with Crippen LogP contribution in [0, 0.1) is 0 Å². The quantitative estimate of drug-likeness (QED) is 0.718. The molecule has 1 amide bonds. The van der Waals surface area contributed by atoms with Crippen LogP contribution in [0.2, 0.25) is 0 Å². The number of alkyl halides is 3. The van der Waals surface area contributed by atoms with E-state index < -0.39 is 12.8 Å². The van der Waals surface area contributed by atoms with Crippen molar-refractivity contribution >= 4 is 5.91 Å². The molecule has 0 aromatic carbocycles. The third kappa shape index (κ3) is 7.50. The van der Waals surface area contributed by atoms with Crippen molar-refractivity contribution in [2.75, 3.05) is 26.2 Å². The Labute approximate surface area is 120 Å². The molecule has 0 aliphatic heterocycles. The summed E-state index contributed by atoms with van der Waals surface area (Å²) in [6, 6.07) is 2.60. The van der Waals surface area contributed by atoms with Gasteiger partial charge in [0, 0.05) is 25.4 Å². The molecule has 0 saturated heterocycles. The van der Waals surface area contributed by atoms with E-state index in [1.54, 1.807) is 0 Å². The van der Waals surface area contributed by atoms with Gasteiger partial charge in [-0.1, -0.05) is 6.92 Å². The third-order valence-electron chi connectivity index (χ3n) is 2.40. The van der Waals surface area contributed by atoms with Crippen LogP contribution in [0.15, 0.2) is 18.3 Å². The van der Waals surface area contributed by atoms with Crippen molar-refractivity contribution in [1.29, 1.82) is 0 Å². The Hall–Kier alpha value is -1.83. The van der Waals surface area contributed by atoms with E-state index in [1.807, 2.05) is 6.92 Å². The highest BCUT2D eigenvalue weighted by Crippen LogP contribution is 2.16. The van der Waals surface area contributed by atoms with Gasteiger partial charge in [-0.15, -0.1) is 0 Å². The van der Waals surface area contributed by atoms with Crippen LogP contribution in [0.25, 0.3) is 0 Å². The number of carbonyl (C=O) groups is 1. The molecule has 0 aliphatic rings. The number of pyridine rings is 1. The number of halogens is 3. The molecule has 5 nitrogen and oxygen atoms in total. The van der Waals surface area contributed by atoms with E-state index in [2.05, 4.69) is 20.4 Å². The van der Waals surface area contributed by atoms with Crippen molar-refractivity contribution in [3.05, 3.63) is 23.9 Å². The van der Waals surface area contributed by atoms with Crippen LogP contribution >= 0.6 is 0 Å². The monoisotopic (exact) mass is 305 g/mol. The van der Waals surface area contributed by atoms with Gasteiger partial charge in [0.25, 0.3) is 5.91 Å². The lowest BCUT2D eigenvalue weighted by Gasteiger charge is -2.09. The molecule has 0 unspecified atom stereocenters. The molecule has 8 heteroatoms. The van der Waals surface area contributed by atoms with E-state index in [4.69, 9.17) is 0 Å². The topological polar surface area (TPSA) is 63.2 Å². The summed E-state index contributed by atoms with van der Waals surface area (Å²) >= 11 is 0. The summed E-state index contributed by atoms with van der Waals surface area (Å²) in [7, 11) is 0. The van der Waals surface area contributed by atoms with Gasteiger partial charge < -0.3 is 15.4 Å². The molecule has 0 bridgehead atoms. The molecule has 1 rings (SSSR count). The minimum atomic E-state index is -4.41. The molecule has 1 heterocycles. The van der Waals surface area contributed by atoms with E-state index in [9.17, 15) is 18.0 Å². The SMILES string of the molecule is CCCNCCNC(=O)c1ccc(OCC(F)(F)F)nc1. The number of nitrogens with one attached hydrogen (secondary N) is 2. The molecule has 0 aliphatic carbocycles. The fourth-order valence-corrected chi connectivity index (χ4v) is 1.42. The number of amides is 1. The van der Waals surface area contributed by atoms with Crippen molar-refractivity contribution in [3.8, 4) is 5.88 Å². The van der Waals surface area contributed by atoms with Gasteiger partial charge in [-0.05, 0) is 19.0 Å². The first-order valence-electron chi connectivity index (χ1n) is 6.57. The molecular weight excluding hydrogens is 287 g/mol. The molecule has 118 valence electrons. The average molecular weight is 305 g/mol. The Kier molecular flexibility index (Phi) is 6.93. The minimum Gasteiger partial charge on any atom is -0.468 e. The summed E-state index contributed by atoms with van der Waals surface area (Å²) in [5, 5.41) is 5.80. The number of nitrogens with zero attached hydrogens (tertiary/aromatic N) is 1. The smallest absolute Gasteiger partial charge is 0.422 e. The fraction of sp³-hybridized carbons (Fsp3) is 0.538. The highest BCUT2D eigenvalue weighted by Gasteiger charge is 2.28.